The Bertz CT molecular complexity index is 1100. The minimum absolute atomic E-state index is 0.0359. The van der Waals surface area contributed by atoms with Gasteiger partial charge in [-0.2, -0.15) is 4.72 Å². The number of ether oxygens (including phenoxy) is 2. The van der Waals surface area contributed by atoms with Gasteiger partial charge in [0.1, 0.15) is 23.4 Å². The number of fused-ring (bicyclic) bond motifs is 1. The zero-order valence-electron chi connectivity index (χ0n) is 17.2. The lowest BCUT2D eigenvalue weighted by Gasteiger charge is -2.17. The van der Waals surface area contributed by atoms with Gasteiger partial charge in [0.25, 0.3) is 5.91 Å². The minimum Gasteiger partial charge on any atom is -0.593 e. The van der Waals surface area contributed by atoms with Crippen LogP contribution in [0.3, 0.4) is 0 Å². The molecular formula is C25H23NO4S. The third kappa shape index (κ3) is 4.13. The third-order valence-electron chi connectivity index (χ3n) is 5.80. The highest BCUT2D eigenvalue weighted by Gasteiger charge is 2.37. The second-order valence-electron chi connectivity index (χ2n) is 7.97. The summed E-state index contributed by atoms with van der Waals surface area (Å²) in [5.74, 6) is 2.30. The summed E-state index contributed by atoms with van der Waals surface area (Å²) in [6, 6.07) is 21.7. The first-order valence-corrected chi connectivity index (χ1v) is 11.6. The number of hydrogen-bond donors (Lipinski definition) is 1. The van der Waals surface area contributed by atoms with Crippen molar-refractivity contribution in [3.8, 4) is 17.2 Å². The fourth-order valence-electron chi connectivity index (χ4n) is 4.17. The normalized spacial score (nSPS) is 22.1. The van der Waals surface area contributed by atoms with Gasteiger partial charge in [0.15, 0.2) is 5.25 Å². The highest BCUT2D eigenvalue weighted by atomic mass is 32.2. The fraction of sp³-hybridized carbons (Fsp3) is 0.240. The van der Waals surface area contributed by atoms with Crippen LogP contribution in [0.2, 0.25) is 0 Å². The van der Waals surface area contributed by atoms with Crippen molar-refractivity contribution < 1.29 is 18.8 Å². The Morgan fingerprint density at radius 1 is 1.00 bits per heavy atom. The van der Waals surface area contributed by atoms with Crippen molar-refractivity contribution in [3.05, 3.63) is 89.0 Å². The molecule has 3 aromatic rings. The number of benzene rings is 3. The molecule has 0 bridgehead atoms. The first-order valence-electron chi connectivity index (χ1n) is 10.4. The van der Waals surface area contributed by atoms with Crippen LogP contribution in [0.1, 0.15) is 46.4 Å². The molecule has 5 rings (SSSR count). The molecule has 2 aliphatic rings. The number of aryl methyl sites for hydroxylation is 1. The van der Waals surface area contributed by atoms with E-state index in [4.69, 9.17) is 9.47 Å². The number of carbonyl (C=O) groups excluding carboxylic acids is 1. The van der Waals surface area contributed by atoms with Crippen molar-refractivity contribution >= 4 is 17.3 Å². The SMILES string of the molecule is Cc1ccc(Oc2cccc3c2CC[C@H]3Oc2ccc(C3CC(=O)N[S+]3[O-])cc2)cc1. The standard InChI is InChI=1S/C25H23NO4S/c1-16-5-9-18(10-6-16)29-22-4-2-3-20-21(22)13-14-23(20)30-19-11-7-17(8-12-19)24-15-25(27)26-31(24)28/h2-12,23-24H,13-15H2,1H3,(H,26,27)/t23-,24?,31?/m1/s1. The maximum Gasteiger partial charge on any atom is 0.266 e. The molecule has 1 amide bonds. The second kappa shape index (κ2) is 8.29. The summed E-state index contributed by atoms with van der Waals surface area (Å²) in [6.45, 7) is 2.06. The lowest BCUT2D eigenvalue weighted by atomic mass is 10.1. The highest BCUT2D eigenvalue weighted by Crippen LogP contribution is 2.41. The van der Waals surface area contributed by atoms with Crippen molar-refractivity contribution in [1.29, 1.82) is 0 Å². The minimum atomic E-state index is -1.36. The maximum absolute atomic E-state index is 12.0. The topological polar surface area (TPSA) is 70.6 Å². The summed E-state index contributed by atoms with van der Waals surface area (Å²) in [7, 11) is 0. The maximum atomic E-state index is 12.0. The number of nitrogens with one attached hydrogen (secondary N) is 1. The molecule has 1 saturated heterocycles. The van der Waals surface area contributed by atoms with E-state index in [9.17, 15) is 9.35 Å². The first kappa shape index (κ1) is 20.0. The van der Waals surface area contributed by atoms with E-state index in [0.717, 1.165) is 41.2 Å². The van der Waals surface area contributed by atoms with Crippen LogP contribution >= 0.6 is 0 Å². The Morgan fingerprint density at radius 2 is 1.74 bits per heavy atom. The van der Waals surface area contributed by atoms with Gasteiger partial charge in [-0.05, 0) is 55.7 Å². The first-order chi connectivity index (χ1) is 15.1. The second-order valence-corrected chi connectivity index (χ2v) is 9.34. The van der Waals surface area contributed by atoms with Gasteiger partial charge < -0.3 is 14.0 Å². The van der Waals surface area contributed by atoms with Gasteiger partial charge >= 0.3 is 0 Å². The van der Waals surface area contributed by atoms with Crippen LogP contribution in [0, 0.1) is 6.92 Å². The summed E-state index contributed by atoms with van der Waals surface area (Å²) in [5, 5.41) is -0.296. The van der Waals surface area contributed by atoms with Gasteiger partial charge in [-0.3, -0.25) is 4.79 Å². The summed E-state index contributed by atoms with van der Waals surface area (Å²) in [6.07, 6.45) is 2.00. The Labute approximate surface area is 184 Å². The Kier molecular flexibility index (Phi) is 5.34. The molecule has 0 aromatic heterocycles. The van der Waals surface area contributed by atoms with Crippen LogP contribution in [0.25, 0.3) is 0 Å². The van der Waals surface area contributed by atoms with E-state index in [1.807, 2.05) is 60.7 Å². The molecule has 0 radical (unpaired) electrons. The van der Waals surface area contributed by atoms with Gasteiger partial charge in [-0.25, -0.2) is 0 Å². The Morgan fingerprint density at radius 3 is 2.45 bits per heavy atom. The quantitative estimate of drug-likeness (QED) is 0.570. The van der Waals surface area contributed by atoms with Crippen LogP contribution < -0.4 is 14.2 Å². The van der Waals surface area contributed by atoms with Crippen molar-refractivity contribution in [2.75, 3.05) is 0 Å². The van der Waals surface area contributed by atoms with Crippen molar-refractivity contribution in [3.63, 3.8) is 0 Å². The number of amides is 1. The smallest absolute Gasteiger partial charge is 0.266 e. The number of hydrogen-bond acceptors (Lipinski definition) is 4. The molecule has 5 nitrogen and oxygen atoms in total. The molecule has 3 aromatic carbocycles. The number of carbonyl (C=O) groups is 1. The summed E-state index contributed by atoms with van der Waals surface area (Å²) >= 11 is -1.36. The van der Waals surface area contributed by atoms with Crippen molar-refractivity contribution in [1.82, 2.24) is 4.72 Å². The summed E-state index contributed by atoms with van der Waals surface area (Å²) in [4.78, 5) is 11.5. The molecule has 1 aliphatic carbocycles. The molecule has 1 aliphatic heterocycles. The van der Waals surface area contributed by atoms with Gasteiger partial charge in [-0.1, -0.05) is 42.0 Å². The van der Waals surface area contributed by atoms with Crippen LogP contribution in [0.4, 0.5) is 0 Å². The average molecular weight is 434 g/mol. The third-order valence-corrected chi connectivity index (χ3v) is 7.18. The van der Waals surface area contributed by atoms with E-state index in [-0.39, 0.29) is 23.7 Å². The molecule has 1 N–H and O–H groups in total. The predicted octanol–water partition coefficient (Wildman–Crippen LogP) is 5.08. The lowest BCUT2D eigenvalue weighted by molar-refractivity contribution is -0.118. The average Bonchev–Trinajstić information content (AvgIpc) is 3.33. The van der Waals surface area contributed by atoms with E-state index in [1.165, 1.54) is 11.1 Å². The Hall–Kier alpha value is -2.96. The van der Waals surface area contributed by atoms with Gasteiger partial charge in [-0.15, -0.1) is 0 Å². The molecule has 31 heavy (non-hydrogen) atoms. The van der Waals surface area contributed by atoms with E-state index < -0.39 is 11.4 Å². The van der Waals surface area contributed by atoms with Gasteiger partial charge in [0.2, 0.25) is 0 Å². The van der Waals surface area contributed by atoms with E-state index in [2.05, 4.69) is 17.7 Å². The Balaban J connectivity index is 1.30. The van der Waals surface area contributed by atoms with Crippen molar-refractivity contribution in [2.24, 2.45) is 0 Å². The zero-order valence-corrected chi connectivity index (χ0v) is 18.0. The summed E-state index contributed by atoms with van der Waals surface area (Å²) in [5.41, 5.74) is 4.42. The van der Waals surface area contributed by atoms with E-state index >= 15 is 0 Å². The molecular weight excluding hydrogens is 410 g/mol. The fourth-order valence-corrected chi connectivity index (χ4v) is 5.33. The molecule has 6 heteroatoms. The molecule has 0 spiro atoms. The van der Waals surface area contributed by atoms with Crippen LogP contribution in [-0.2, 0) is 22.6 Å². The molecule has 1 fully saturated rings. The molecule has 0 saturated carbocycles. The highest BCUT2D eigenvalue weighted by molar-refractivity contribution is 7.90. The van der Waals surface area contributed by atoms with Crippen molar-refractivity contribution in [2.45, 2.75) is 37.5 Å². The van der Waals surface area contributed by atoms with Gasteiger partial charge in [0.05, 0.1) is 17.8 Å². The van der Waals surface area contributed by atoms with E-state index in [0.29, 0.717) is 0 Å². The van der Waals surface area contributed by atoms with E-state index in [1.54, 1.807) is 0 Å². The van der Waals surface area contributed by atoms with Crippen LogP contribution in [0.15, 0.2) is 66.7 Å². The number of rotatable bonds is 5. The molecule has 1 heterocycles. The zero-order chi connectivity index (χ0) is 21.4. The lowest BCUT2D eigenvalue weighted by Crippen LogP contribution is -2.21. The molecule has 3 atom stereocenters. The van der Waals surface area contributed by atoms with Crippen LogP contribution in [-0.4, -0.2) is 10.5 Å². The van der Waals surface area contributed by atoms with Gasteiger partial charge in [0, 0.05) is 11.1 Å². The molecule has 158 valence electrons. The summed E-state index contributed by atoms with van der Waals surface area (Å²) < 4.78 is 26.9. The predicted molar refractivity (Wildman–Crippen MR) is 119 cm³/mol. The monoisotopic (exact) mass is 433 g/mol. The van der Waals surface area contributed by atoms with Crippen LogP contribution in [0.5, 0.6) is 17.2 Å². The molecule has 2 unspecified atom stereocenters. The largest absolute Gasteiger partial charge is 0.593 e.